The molecule has 0 aliphatic carbocycles. The number of anilines is 1. The third-order valence-corrected chi connectivity index (χ3v) is 2.91. The zero-order chi connectivity index (χ0) is 17.8. The molecule has 0 aromatic heterocycles. The molecule has 8 heteroatoms. The van der Waals surface area contributed by atoms with Crippen molar-refractivity contribution in [3.05, 3.63) is 28.3 Å². The Morgan fingerprint density at radius 3 is 2.57 bits per heavy atom. The minimum absolute atomic E-state index is 0.0459. The molecule has 0 heterocycles. The van der Waals surface area contributed by atoms with Crippen LogP contribution in [0.5, 0.6) is 0 Å². The van der Waals surface area contributed by atoms with E-state index in [4.69, 9.17) is 12.6 Å². The molecule has 0 saturated carbocycles. The molecule has 0 aliphatic rings. The van der Waals surface area contributed by atoms with Gasteiger partial charge < -0.3 is 9.84 Å². The van der Waals surface area contributed by atoms with Gasteiger partial charge in [0, 0.05) is 19.2 Å². The van der Waals surface area contributed by atoms with Gasteiger partial charge in [0.1, 0.15) is 19.1 Å². The molecule has 0 spiro atoms. The van der Waals surface area contributed by atoms with E-state index in [1.165, 1.54) is 18.2 Å². The zero-order valence-corrected chi connectivity index (χ0v) is 13.8. The van der Waals surface area contributed by atoms with Gasteiger partial charge in [-0.1, -0.05) is 18.5 Å². The van der Waals surface area contributed by atoms with E-state index in [0.29, 0.717) is 0 Å². The van der Waals surface area contributed by atoms with Crippen LogP contribution >= 0.6 is 0 Å². The van der Waals surface area contributed by atoms with E-state index in [-0.39, 0.29) is 35.9 Å². The van der Waals surface area contributed by atoms with E-state index < -0.39 is 16.6 Å². The van der Waals surface area contributed by atoms with Crippen LogP contribution in [-0.2, 0) is 4.74 Å². The van der Waals surface area contributed by atoms with Crippen molar-refractivity contribution in [1.82, 2.24) is 0 Å². The largest absolute Gasteiger partial charge is 0.443 e. The lowest BCUT2D eigenvalue weighted by molar-refractivity contribution is -0.384. The molecule has 0 fully saturated rings. The molecule has 7 nitrogen and oxygen atoms in total. The summed E-state index contributed by atoms with van der Waals surface area (Å²) in [5.74, 6) is -0.288. The number of hydrogen-bond acceptors (Lipinski definition) is 5. The Labute approximate surface area is 136 Å². The number of nitrogens with zero attached hydrogens (tertiary/aromatic N) is 2. The fourth-order valence-electron chi connectivity index (χ4n) is 1.87. The first-order valence-electron chi connectivity index (χ1n) is 7.20. The van der Waals surface area contributed by atoms with Gasteiger partial charge >= 0.3 is 6.09 Å². The summed E-state index contributed by atoms with van der Waals surface area (Å²) >= 11 is 0. The minimum Gasteiger partial charge on any atom is -0.443 e. The summed E-state index contributed by atoms with van der Waals surface area (Å²) < 4.78 is 5.32. The predicted octanol–water partition coefficient (Wildman–Crippen LogP) is 1.76. The van der Waals surface area contributed by atoms with Crippen LogP contribution in [0.25, 0.3) is 0 Å². The molecule has 1 unspecified atom stereocenters. The Kier molecular flexibility index (Phi) is 6.15. The molecule has 1 rings (SSSR count). The van der Waals surface area contributed by atoms with Gasteiger partial charge in [-0.05, 0) is 32.8 Å². The Balaban J connectivity index is 3.31. The molecule has 1 atom stereocenters. The van der Waals surface area contributed by atoms with Crippen LogP contribution < -0.4 is 10.4 Å². The molecule has 2 radical (unpaired) electrons. The van der Waals surface area contributed by atoms with Gasteiger partial charge in [-0.15, -0.1) is 0 Å². The summed E-state index contributed by atoms with van der Waals surface area (Å²) in [6.45, 7) is 6.71. The SMILES string of the molecule is [B]c1ccc([N+](=O)[O-])c(N(CC(C)CO)C(=O)OC(C)(C)C)c1. The molecule has 0 bridgehead atoms. The summed E-state index contributed by atoms with van der Waals surface area (Å²) in [5.41, 5.74) is -0.678. The number of aliphatic hydroxyl groups is 1. The highest BCUT2D eigenvalue weighted by Crippen LogP contribution is 2.29. The van der Waals surface area contributed by atoms with Crippen molar-refractivity contribution in [3.8, 4) is 0 Å². The van der Waals surface area contributed by atoms with Crippen molar-refractivity contribution >= 4 is 30.8 Å². The van der Waals surface area contributed by atoms with Gasteiger partial charge in [0.15, 0.2) is 0 Å². The van der Waals surface area contributed by atoms with Gasteiger partial charge in [-0.3, -0.25) is 15.0 Å². The van der Waals surface area contributed by atoms with Crippen LogP contribution in [-0.4, -0.2) is 42.7 Å². The van der Waals surface area contributed by atoms with Crippen LogP contribution in [0.1, 0.15) is 27.7 Å². The number of aliphatic hydroxyl groups excluding tert-OH is 1. The van der Waals surface area contributed by atoms with Crippen LogP contribution in [0.2, 0.25) is 0 Å². The third-order valence-electron chi connectivity index (χ3n) is 2.91. The number of ether oxygens (including phenoxy) is 1. The molecule has 1 N–H and O–H groups in total. The molecule has 1 aromatic carbocycles. The van der Waals surface area contributed by atoms with Crippen LogP contribution in [0.15, 0.2) is 18.2 Å². The second-order valence-corrected chi connectivity index (χ2v) is 6.38. The Hall–Kier alpha value is -2.09. The molecule has 1 aromatic rings. The van der Waals surface area contributed by atoms with Crippen molar-refractivity contribution in [1.29, 1.82) is 0 Å². The van der Waals surface area contributed by atoms with Gasteiger partial charge in [0.25, 0.3) is 5.69 Å². The van der Waals surface area contributed by atoms with Crippen molar-refractivity contribution in [2.24, 2.45) is 5.92 Å². The fraction of sp³-hybridized carbons (Fsp3) is 0.533. The number of benzene rings is 1. The third kappa shape index (κ3) is 5.56. The summed E-state index contributed by atoms with van der Waals surface area (Å²) in [5, 5.41) is 20.5. The van der Waals surface area contributed by atoms with Crippen molar-refractivity contribution in [2.45, 2.75) is 33.3 Å². The number of rotatable bonds is 5. The van der Waals surface area contributed by atoms with Crippen LogP contribution in [0, 0.1) is 16.0 Å². The first-order valence-corrected chi connectivity index (χ1v) is 7.20. The number of nitro groups is 1. The number of hydrogen-bond donors (Lipinski definition) is 1. The molecular weight excluding hydrogens is 299 g/mol. The topological polar surface area (TPSA) is 92.9 Å². The minimum atomic E-state index is -0.757. The predicted molar refractivity (Wildman–Crippen MR) is 88.3 cm³/mol. The van der Waals surface area contributed by atoms with Crippen LogP contribution in [0.3, 0.4) is 0 Å². The average molecular weight is 320 g/mol. The molecular formula is C15H21BN2O5. The second-order valence-electron chi connectivity index (χ2n) is 6.38. The van der Waals surface area contributed by atoms with E-state index >= 15 is 0 Å². The van der Waals surface area contributed by atoms with E-state index in [1.807, 2.05) is 0 Å². The second kappa shape index (κ2) is 7.46. The lowest BCUT2D eigenvalue weighted by Gasteiger charge is -2.29. The summed E-state index contributed by atoms with van der Waals surface area (Å²) in [6, 6.07) is 3.99. The highest BCUT2D eigenvalue weighted by atomic mass is 16.6. The van der Waals surface area contributed by atoms with Crippen molar-refractivity contribution in [2.75, 3.05) is 18.1 Å². The molecule has 0 aliphatic heterocycles. The van der Waals surface area contributed by atoms with Crippen molar-refractivity contribution < 1.29 is 19.6 Å². The number of nitro benzene ring substituents is 1. The molecule has 1 amide bonds. The highest BCUT2D eigenvalue weighted by Gasteiger charge is 2.29. The smallest absolute Gasteiger partial charge is 0.415 e. The van der Waals surface area contributed by atoms with Gasteiger partial charge in [0.05, 0.1) is 4.92 Å². The first-order chi connectivity index (χ1) is 10.5. The van der Waals surface area contributed by atoms with E-state index in [9.17, 15) is 20.0 Å². The van der Waals surface area contributed by atoms with Gasteiger partial charge in [-0.25, -0.2) is 4.79 Å². The van der Waals surface area contributed by atoms with E-state index in [2.05, 4.69) is 0 Å². The summed E-state index contributed by atoms with van der Waals surface area (Å²) in [4.78, 5) is 24.2. The Bertz CT molecular complexity index is 586. The van der Waals surface area contributed by atoms with E-state index in [0.717, 1.165) is 4.90 Å². The zero-order valence-electron chi connectivity index (χ0n) is 13.8. The standard InChI is InChI=1S/C15H21BN2O5/c1-10(9-19)8-17(14(20)23-15(2,3)4)13-7-11(16)5-6-12(13)18(21)22/h5-7,10,19H,8-9H2,1-4H3. The Morgan fingerprint density at radius 2 is 2.09 bits per heavy atom. The summed E-state index contributed by atoms with van der Waals surface area (Å²) in [7, 11) is 5.71. The highest BCUT2D eigenvalue weighted by molar-refractivity contribution is 6.32. The monoisotopic (exact) mass is 320 g/mol. The van der Waals surface area contributed by atoms with Gasteiger partial charge in [0.2, 0.25) is 0 Å². The van der Waals surface area contributed by atoms with Crippen molar-refractivity contribution in [3.63, 3.8) is 0 Å². The van der Waals surface area contributed by atoms with Gasteiger partial charge in [-0.2, -0.15) is 0 Å². The maximum Gasteiger partial charge on any atom is 0.415 e. The maximum atomic E-state index is 12.5. The Morgan fingerprint density at radius 1 is 1.48 bits per heavy atom. The molecule has 23 heavy (non-hydrogen) atoms. The quantitative estimate of drug-likeness (QED) is 0.507. The van der Waals surface area contributed by atoms with E-state index in [1.54, 1.807) is 27.7 Å². The summed E-state index contributed by atoms with van der Waals surface area (Å²) in [6.07, 6.45) is -0.730. The number of carbonyl (C=O) groups excluding carboxylic acids is 1. The lowest BCUT2D eigenvalue weighted by Crippen LogP contribution is -2.40. The maximum absolute atomic E-state index is 12.5. The number of amides is 1. The van der Waals surface area contributed by atoms with Crippen LogP contribution in [0.4, 0.5) is 16.2 Å². The number of carbonyl (C=O) groups is 1. The normalized spacial score (nSPS) is 12.6. The molecule has 124 valence electrons. The fourth-order valence-corrected chi connectivity index (χ4v) is 1.87. The lowest BCUT2D eigenvalue weighted by atomic mass is 9.95. The first kappa shape index (κ1) is 19.0. The molecule has 0 saturated heterocycles. The average Bonchev–Trinajstić information content (AvgIpc) is 2.41.